The lowest BCUT2D eigenvalue weighted by atomic mass is 9.98. The van der Waals surface area contributed by atoms with Crippen molar-refractivity contribution in [3.8, 4) is 5.75 Å². The van der Waals surface area contributed by atoms with Gasteiger partial charge in [-0.05, 0) is 53.7 Å². The smallest absolute Gasteiger partial charge is 0.187 e. The summed E-state index contributed by atoms with van der Waals surface area (Å²) < 4.78 is 0. The number of aromatic hydroxyl groups is 1. The normalized spacial score (nSPS) is 17.4. The van der Waals surface area contributed by atoms with Gasteiger partial charge in [0.25, 0.3) is 0 Å². The van der Waals surface area contributed by atoms with Gasteiger partial charge >= 0.3 is 0 Å². The number of rotatable bonds is 2. The summed E-state index contributed by atoms with van der Waals surface area (Å²) in [4.78, 5) is 0. The summed E-state index contributed by atoms with van der Waals surface area (Å²) in [6.45, 7) is 0. The van der Waals surface area contributed by atoms with E-state index in [2.05, 4.69) is 5.10 Å². The van der Waals surface area contributed by atoms with Gasteiger partial charge in [-0.2, -0.15) is 5.10 Å². The number of hydrazone groups is 1. The van der Waals surface area contributed by atoms with Crippen molar-refractivity contribution in [2.45, 2.75) is 12.5 Å². The molecule has 0 amide bonds. The first kappa shape index (κ1) is 14.8. The number of halogens is 1. The molecule has 0 radical (unpaired) electrons. The average molecular weight is 332 g/mol. The standard InChI is InChI=1S/C16H14ClN3OS/c17-13-4-2-1-3-12(13)15-9-14(19-20(15)16(18)22)10-5-7-11(21)8-6-10/h1-8,15,21H,9H2,(H2,18,22)/t15-/m0/s1. The van der Waals surface area contributed by atoms with Gasteiger partial charge in [0, 0.05) is 11.4 Å². The second-order valence-corrected chi connectivity index (χ2v) is 5.84. The third-order valence-electron chi connectivity index (χ3n) is 3.60. The lowest BCUT2D eigenvalue weighted by molar-refractivity contribution is 0.373. The molecule has 3 rings (SSSR count). The monoisotopic (exact) mass is 331 g/mol. The van der Waals surface area contributed by atoms with Crippen LogP contribution in [0.3, 0.4) is 0 Å². The molecule has 1 aliphatic heterocycles. The van der Waals surface area contributed by atoms with Gasteiger partial charge in [-0.1, -0.05) is 29.8 Å². The number of thiocarbonyl (C=S) groups is 1. The molecule has 112 valence electrons. The van der Waals surface area contributed by atoms with E-state index in [1.807, 2.05) is 36.4 Å². The number of hydrogen-bond acceptors (Lipinski definition) is 3. The van der Waals surface area contributed by atoms with E-state index in [1.54, 1.807) is 17.1 Å². The van der Waals surface area contributed by atoms with Crippen molar-refractivity contribution in [3.05, 3.63) is 64.7 Å². The Balaban J connectivity index is 1.96. The number of phenolic OH excluding ortho intramolecular Hbond substituents is 1. The largest absolute Gasteiger partial charge is 0.508 e. The minimum atomic E-state index is -0.116. The number of nitrogens with two attached hydrogens (primary N) is 1. The highest BCUT2D eigenvalue weighted by Gasteiger charge is 2.31. The van der Waals surface area contributed by atoms with E-state index in [4.69, 9.17) is 29.6 Å². The summed E-state index contributed by atoms with van der Waals surface area (Å²) in [6.07, 6.45) is 0.645. The summed E-state index contributed by atoms with van der Waals surface area (Å²) in [5.74, 6) is 0.219. The summed E-state index contributed by atoms with van der Waals surface area (Å²) in [5, 5.41) is 16.4. The maximum atomic E-state index is 9.40. The van der Waals surface area contributed by atoms with Crippen molar-refractivity contribution in [1.29, 1.82) is 0 Å². The van der Waals surface area contributed by atoms with Crippen LogP contribution in [0.4, 0.5) is 0 Å². The maximum Gasteiger partial charge on any atom is 0.187 e. The van der Waals surface area contributed by atoms with E-state index in [0.29, 0.717) is 11.4 Å². The van der Waals surface area contributed by atoms with Gasteiger partial charge in [-0.3, -0.25) is 0 Å². The van der Waals surface area contributed by atoms with E-state index in [-0.39, 0.29) is 16.9 Å². The minimum absolute atomic E-state index is 0.116. The molecule has 0 saturated carbocycles. The first-order valence-corrected chi connectivity index (χ1v) is 7.55. The fourth-order valence-electron chi connectivity index (χ4n) is 2.53. The lowest BCUT2D eigenvalue weighted by Crippen LogP contribution is -2.31. The second-order valence-electron chi connectivity index (χ2n) is 5.02. The molecule has 0 fully saturated rings. The summed E-state index contributed by atoms with van der Waals surface area (Å²) in [6, 6.07) is 14.4. The zero-order chi connectivity index (χ0) is 15.7. The molecule has 0 spiro atoms. The third kappa shape index (κ3) is 2.77. The Morgan fingerprint density at radius 1 is 1.23 bits per heavy atom. The van der Waals surface area contributed by atoms with Gasteiger partial charge in [0.05, 0.1) is 11.8 Å². The fraction of sp³-hybridized carbons (Fsp3) is 0.125. The Morgan fingerprint density at radius 2 is 1.91 bits per heavy atom. The van der Waals surface area contributed by atoms with E-state index in [0.717, 1.165) is 16.8 Å². The van der Waals surface area contributed by atoms with Gasteiger partial charge in [0.1, 0.15) is 5.75 Å². The summed E-state index contributed by atoms with van der Waals surface area (Å²) >= 11 is 11.4. The van der Waals surface area contributed by atoms with Gasteiger partial charge < -0.3 is 10.8 Å². The highest BCUT2D eigenvalue weighted by atomic mass is 35.5. The van der Waals surface area contributed by atoms with Gasteiger partial charge in [-0.15, -0.1) is 0 Å². The number of nitrogens with zero attached hydrogens (tertiary/aromatic N) is 2. The molecule has 1 heterocycles. The highest BCUT2D eigenvalue weighted by molar-refractivity contribution is 7.80. The van der Waals surface area contributed by atoms with Crippen LogP contribution in [0.25, 0.3) is 0 Å². The Morgan fingerprint density at radius 3 is 2.55 bits per heavy atom. The number of benzene rings is 2. The topological polar surface area (TPSA) is 61.8 Å². The van der Waals surface area contributed by atoms with Crippen LogP contribution in [0, 0.1) is 0 Å². The van der Waals surface area contributed by atoms with E-state index in [9.17, 15) is 5.11 Å². The van der Waals surface area contributed by atoms with Gasteiger partial charge in [0.2, 0.25) is 0 Å². The quantitative estimate of drug-likeness (QED) is 0.827. The predicted octanol–water partition coefficient (Wildman–Crippen LogP) is 3.44. The van der Waals surface area contributed by atoms with Gasteiger partial charge in [-0.25, -0.2) is 5.01 Å². The van der Waals surface area contributed by atoms with Crippen LogP contribution in [0.15, 0.2) is 53.6 Å². The van der Waals surface area contributed by atoms with Crippen molar-refractivity contribution in [1.82, 2.24) is 5.01 Å². The van der Waals surface area contributed by atoms with Crippen molar-refractivity contribution >= 4 is 34.6 Å². The predicted molar refractivity (Wildman–Crippen MR) is 92.1 cm³/mol. The van der Waals surface area contributed by atoms with Crippen LogP contribution < -0.4 is 5.73 Å². The van der Waals surface area contributed by atoms with Crippen LogP contribution in [-0.2, 0) is 0 Å². The van der Waals surface area contributed by atoms with E-state index < -0.39 is 0 Å². The first-order chi connectivity index (χ1) is 10.6. The Bertz CT molecular complexity index is 745. The Labute approximate surface area is 138 Å². The molecule has 0 bridgehead atoms. The van der Waals surface area contributed by atoms with Crippen LogP contribution in [0.1, 0.15) is 23.6 Å². The zero-order valence-corrected chi connectivity index (χ0v) is 13.2. The van der Waals surface area contributed by atoms with Gasteiger partial charge in [0.15, 0.2) is 5.11 Å². The van der Waals surface area contributed by atoms with Crippen molar-refractivity contribution in [3.63, 3.8) is 0 Å². The molecule has 3 N–H and O–H groups in total. The van der Waals surface area contributed by atoms with Crippen LogP contribution in [-0.4, -0.2) is 20.9 Å². The van der Waals surface area contributed by atoms with Crippen LogP contribution in [0.5, 0.6) is 5.75 Å². The summed E-state index contributed by atoms with van der Waals surface area (Å²) in [7, 11) is 0. The number of hydrogen-bond donors (Lipinski definition) is 2. The molecule has 0 aromatic heterocycles. The van der Waals surface area contributed by atoms with Crippen molar-refractivity contribution in [2.75, 3.05) is 0 Å². The fourth-order valence-corrected chi connectivity index (χ4v) is 2.96. The van der Waals surface area contributed by atoms with Crippen LogP contribution >= 0.6 is 23.8 Å². The van der Waals surface area contributed by atoms with E-state index in [1.165, 1.54) is 0 Å². The average Bonchev–Trinajstić information content (AvgIpc) is 2.93. The van der Waals surface area contributed by atoms with Crippen LogP contribution in [0.2, 0.25) is 5.02 Å². The Kier molecular flexibility index (Phi) is 4.00. The molecule has 2 aromatic carbocycles. The van der Waals surface area contributed by atoms with Crippen molar-refractivity contribution < 1.29 is 5.11 Å². The highest BCUT2D eigenvalue weighted by Crippen LogP contribution is 2.36. The molecule has 4 nitrogen and oxygen atoms in total. The third-order valence-corrected chi connectivity index (χ3v) is 4.13. The molecule has 1 aliphatic rings. The molecule has 0 saturated heterocycles. The molecule has 6 heteroatoms. The zero-order valence-electron chi connectivity index (χ0n) is 11.6. The molecule has 0 aliphatic carbocycles. The number of phenols is 1. The minimum Gasteiger partial charge on any atom is -0.508 e. The molecule has 2 aromatic rings. The SMILES string of the molecule is NC(=S)N1N=C(c2ccc(O)cc2)C[C@H]1c1ccccc1Cl. The lowest BCUT2D eigenvalue weighted by Gasteiger charge is -2.22. The maximum absolute atomic E-state index is 9.40. The molecular formula is C16H14ClN3OS. The second kappa shape index (κ2) is 5.94. The van der Waals surface area contributed by atoms with E-state index >= 15 is 0 Å². The molecular weight excluding hydrogens is 318 g/mol. The molecule has 0 unspecified atom stereocenters. The summed E-state index contributed by atoms with van der Waals surface area (Å²) in [5.41, 5.74) is 8.53. The molecule has 1 atom stereocenters. The first-order valence-electron chi connectivity index (χ1n) is 6.76. The van der Waals surface area contributed by atoms with Crippen molar-refractivity contribution in [2.24, 2.45) is 10.8 Å². The molecule has 22 heavy (non-hydrogen) atoms. The Hall–Kier alpha value is -2.11.